The first-order valence-corrected chi connectivity index (χ1v) is 7.97. The van der Waals surface area contributed by atoms with Gasteiger partial charge in [-0.1, -0.05) is 6.07 Å². The van der Waals surface area contributed by atoms with E-state index in [9.17, 15) is 4.79 Å². The third-order valence-electron chi connectivity index (χ3n) is 4.10. The van der Waals surface area contributed by atoms with Gasteiger partial charge in [0.15, 0.2) is 5.82 Å². The Morgan fingerprint density at radius 3 is 2.87 bits per heavy atom. The van der Waals surface area contributed by atoms with Crippen molar-refractivity contribution in [2.24, 2.45) is 5.92 Å². The Bertz CT molecular complexity index is 644. The molecule has 1 aliphatic heterocycles. The largest absolute Gasteiger partial charge is 0.343 e. The van der Waals surface area contributed by atoms with E-state index in [0.29, 0.717) is 11.7 Å². The molecule has 120 valence electrons. The predicted molar refractivity (Wildman–Crippen MR) is 88.2 cm³/mol. The molecule has 0 aromatic carbocycles. The summed E-state index contributed by atoms with van der Waals surface area (Å²) in [6.45, 7) is 3.34. The molecule has 0 radical (unpaired) electrons. The maximum absolute atomic E-state index is 11.5. The van der Waals surface area contributed by atoms with E-state index in [1.54, 1.807) is 13.1 Å². The second-order valence-electron chi connectivity index (χ2n) is 5.93. The molecule has 3 heterocycles. The van der Waals surface area contributed by atoms with Crippen molar-refractivity contribution >= 4 is 17.5 Å². The number of likely N-dealkylation sites (tertiary alicyclic amines) is 1. The average molecular weight is 311 g/mol. The zero-order chi connectivity index (χ0) is 16.1. The second-order valence-corrected chi connectivity index (χ2v) is 5.93. The van der Waals surface area contributed by atoms with Crippen molar-refractivity contribution in [1.82, 2.24) is 20.1 Å². The summed E-state index contributed by atoms with van der Waals surface area (Å²) in [4.78, 5) is 17.6. The number of carbonyl (C=O) groups excluding carboxylic acids is 1. The van der Waals surface area contributed by atoms with Crippen LogP contribution in [-0.2, 0) is 11.2 Å². The molecule has 1 fully saturated rings. The van der Waals surface area contributed by atoms with Crippen LogP contribution in [0, 0.1) is 5.92 Å². The molecule has 0 bridgehead atoms. The van der Waals surface area contributed by atoms with Crippen LogP contribution in [0.4, 0.5) is 11.6 Å². The highest BCUT2D eigenvalue weighted by Crippen LogP contribution is 2.20. The van der Waals surface area contributed by atoms with E-state index >= 15 is 0 Å². The number of hydrogen-bond acceptors (Lipinski definition) is 5. The van der Waals surface area contributed by atoms with Crippen LogP contribution in [0.15, 0.2) is 36.5 Å². The highest BCUT2D eigenvalue weighted by molar-refractivity contribution is 5.73. The lowest BCUT2D eigenvalue weighted by atomic mass is 9.93. The summed E-state index contributed by atoms with van der Waals surface area (Å²) in [5.41, 5.74) is 0.965. The van der Waals surface area contributed by atoms with E-state index < -0.39 is 0 Å². The summed E-state index contributed by atoms with van der Waals surface area (Å²) in [6, 6.07) is 9.58. The zero-order valence-electron chi connectivity index (χ0n) is 13.3. The molecule has 2 aromatic rings. The van der Waals surface area contributed by atoms with Crippen LogP contribution in [0.25, 0.3) is 0 Å². The molecule has 6 nitrogen and oxygen atoms in total. The van der Waals surface area contributed by atoms with Crippen molar-refractivity contribution in [1.29, 1.82) is 0 Å². The minimum atomic E-state index is 0.163. The third kappa shape index (κ3) is 4.25. The van der Waals surface area contributed by atoms with Gasteiger partial charge in [0, 0.05) is 26.2 Å². The van der Waals surface area contributed by atoms with E-state index in [2.05, 4.69) is 20.5 Å². The summed E-state index contributed by atoms with van der Waals surface area (Å²) in [5, 5.41) is 11.6. The number of hydrogen-bond donors (Lipinski definition) is 1. The number of nitrogens with zero attached hydrogens (tertiary/aromatic N) is 4. The summed E-state index contributed by atoms with van der Waals surface area (Å²) >= 11 is 0. The number of piperidine rings is 1. The van der Waals surface area contributed by atoms with Crippen molar-refractivity contribution in [2.75, 3.05) is 18.4 Å². The first kappa shape index (κ1) is 15.4. The minimum Gasteiger partial charge on any atom is -0.343 e. The van der Waals surface area contributed by atoms with E-state index in [-0.39, 0.29) is 5.91 Å². The van der Waals surface area contributed by atoms with E-state index in [0.717, 1.165) is 43.9 Å². The van der Waals surface area contributed by atoms with E-state index in [1.165, 1.54) is 0 Å². The molecule has 3 rings (SSSR count). The smallest absolute Gasteiger partial charge is 0.219 e. The molecule has 1 unspecified atom stereocenters. The second kappa shape index (κ2) is 7.17. The van der Waals surface area contributed by atoms with Gasteiger partial charge in [0.05, 0.1) is 5.69 Å². The van der Waals surface area contributed by atoms with E-state index in [4.69, 9.17) is 0 Å². The van der Waals surface area contributed by atoms with Crippen LogP contribution in [-0.4, -0.2) is 39.1 Å². The summed E-state index contributed by atoms with van der Waals surface area (Å²) in [6.07, 6.45) is 4.80. The first-order chi connectivity index (χ1) is 11.2. The molecule has 1 amide bonds. The number of nitrogens with one attached hydrogen (secondary N) is 1. The quantitative estimate of drug-likeness (QED) is 0.939. The lowest BCUT2D eigenvalue weighted by Gasteiger charge is -2.31. The maximum atomic E-state index is 11.5. The van der Waals surface area contributed by atoms with Gasteiger partial charge < -0.3 is 10.2 Å². The SMILES string of the molecule is CC(=O)N1CCCC(Cc2ccc(Nc3ccccn3)nn2)C1. The Morgan fingerprint density at radius 1 is 1.26 bits per heavy atom. The average Bonchev–Trinajstić information content (AvgIpc) is 2.58. The van der Waals surface area contributed by atoms with Crippen molar-refractivity contribution in [3.05, 3.63) is 42.2 Å². The topological polar surface area (TPSA) is 71.0 Å². The lowest BCUT2D eigenvalue weighted by molar-refractivity contribution is -0.130. The number of rotatable bonds is 4. The predicted octanol–water partition coefficient (Wildman–Crippen LogP) is 2.42. The van der Waals surface area contributed by atoms with Gasteiger partial charge in [-0.15, -0.1) is 5.10 Å². The Morgan fingerprint density at radius 2 is 2.17 bits per heavy atom. The number of amides is 1. The molecule has 1 aliphatic rings. The fourth-order valence-corrected chi connectivity index (χ4v) is 2.92. The van der Waals surface area contributed by atoms with Gasteiger partial charge in [-0.25, -0.2) is 4.98 Å². The molecule has 0 aliphatic carbocycles. The van der Waals surface area contributed by atoms with Crippen molar-refractivity contribution in [3.63, 3.8) is 0 Å². The first-order valence-electron chi connectivity index (χ1n) is 7.97. The monoisotopic (exact) mass is 311 g/mol. The van der Waals surface area contributed by atoms with Gasteiger partial charge in [-0.05, 0) is 49.4 Å². The Labute approximate surface area is 136 Å². The molecular formula is C17H21N5O. The van der Waals surface area contributed by atoms with Gasteiger partial charge in [0.2, 0.25) is 5.91 Å². The number of carbonyl (C=O) groups is 1. The maximum Gasteiger partial charge on any atom is 0.219 e. The number of pyridine rings is 1. The normalized spacial score (nSPS) is 17.8. The molecule has 23 heavy (non-hydrogen) atoms. The van der Waals surface area contributed by atoms with Crippen LogP contribution < -0.4 is 5.32 Å². The van der Waals surface area contributed by atoms with Crippen molar-refractivity contribution < 1.29 is 4.79 Å². The van der Waals surface area contributed by atoms with Crippen LogP contribution in [0.2, 0.25) is 0 Å². The number of anilines is 2. The van der Waals surface area contributed by atoms with Gasteiger partial charge >= 0.3 is 0 Å². The fraction of sp³-hybridized carbons (Fsp3) is 0.412. The van der Waals surface area contributed by atoms with Gasteiger partial charge in [-0.3, -0.25) is 4.79 Å². The lowest BCUT2D eigenvalue weighted by Crippen LogP contribution is -2.39. The molecule has 2 aromatic heterocycles. The summed E-state index contributed by atoms with van der Waals surface area (Å²) < 4.78 is 0. The van der Waals surface area contributed by atoms with Gasteiger partial charge in [0.25, 0.3) is 0 Å². The fourth-order valence-electron chi connectivity index (χ4n) is 2.92. The van der Waals surface area contributed by atoms with E-state index in [1.807, 2.05) is 35.2 Å². The molecule has 0 spiro atoms. The van der Waals surface area contributed by atoms with Crippen LogP contribution >= 0.6 is 0 Å². The third-order valence-corrected chi connectivity index (χ3v) is 4.10. The molecular weight excluding hydrogens is 290 g/mol. The highest BCUT2D eigenvalue weighted by Gasteiger charge is 2.22. The minimum absolute atomic E-state index is 0.163. The Hall–Kier alpha value is -2.50. The molecule has 1 atom stereocenters. The summed E-state index contributed by atoms with van der Waals surface area (Å²) in [7, 11) is 0. The van der Waals surface area contributed by atoms with Crippen LogP contribution in [0.3, 0.4) is 0 Å². The molecule has 0 saturated carbocycles. The molecule has 6 heteroatoms. The van der Waals surface area contributed by atoms with Gasteiger partial charge in [-0.2, -0.15) is 5.10 Å². The highest BCUT2D eigenvalue weighted by atomic mass is 16.2. The number of aromatic nitrogens is 3. The van der Waals surface area contributed by atoms with Crippen LogP contribution in [0.1, 0.15) is 25.5 Å². The van der Waals surface area contributed by atoms with Crippen LogP contribution in [0.5, 0.6) is 0 Å². The van der Waals surface area contributed by atoms with Crippen molar-refractivity contribution in [2.45, 2.75) is 26.2 Å². The molecule has 1 saturated heterocycles. The summed E-state index contributed by atoms with van der Waals surface area (Å²) in [5.74, 6) is 2.06. The van der Waals surface area contributed by atoms with Gasteiger partial charge in [0.1, 0.15) is 5.82 Å². The Balaban J connectivity index is 1.58. The van der Waals surface area contributed by atoms with Crippen molar-refractivity contribution in [3.8, 4) is 0 Å². The standard InChI is InChI=1S/C17H21N5O/c1-13(23)22-10-4-5-14(12-22)11-15-7-8-17(21-20-15)19-16-6-2-3-9-18-16/h2-3,6-9,14H,4-5,10-12H2,1H3,(H,18,19,21). The Kier molecular flexibility index (Phi) is 4.80. The zero-order valence-corrected chi connectivity index (χ0v) is 13.3. The molecule has 1 N–H and O–H groups in total.